The van der Waals surface area contributed by atoms with Gasteiger partial charge < -0.3 is 33.7 Å². The fourth-order valence-electron chi connectivity index (χ4n) is 0.111. The predicted molar refractivity (Wildman–Crippen MR) is 34.1 cm³/mol. The second kappa shape index (κ2) is 10.3. The summed E-state index contributed by atoms with van der Waals surface area (Å²) in [5.74, 6) is 0. The molecule has 8 heavy (non-hydrogen) atoms. The second-order valence-electron chi connectivity index (χ2n) is 0.719. The Morgan fingerprint density at radius 1 is 1.38 bits per heavy atom. The summed E-state index contributed by atoms with van der Waals surface area (Å²) in [7, 11) is 0. The van der Waals surface area contributed by atoms with Crippen LogP contribution in [-0.4, -0.2) is 18.0 Å². The molecule has 0 fully saturated rings. The molecule has 0 rings (SSSR count). The third-order valence-corrected chi connectivity index (χ3v) is 0.546. The Morgan fingerprint density at radius 3 is 2.38 bits per heavy atom. The van der Waals surface area contributed by atoms with Crippen LogP contribution in [-0.2, 0) is 18.6 Å². The minimum atomic E-state index is 0. The molecule has 0 heterocycles. The zero-order chi connectivity index (χ0) is 5.54. The third-order valence-electron chi connectivity index (χ3n) is 0.282. The number of rotatable bonds is 2. The summed E-state index contributed by atoms with van der Waals surface area (Å²) >= 11 is 1.39. The van der Waals surface area contributed by atoms with Crippen LogP contribution in [0, 0.1) is 0 Å². The summed E-state index contributed by atoms with van der Waals surface area (Å²) in [5, 5.41) is 6.84. The molecule has 0 saturated carbocycles. The molecule has 4 heteroatoms. The monoisotopic (exact) mass is 165 g/mol. The van der Waals surface area contributed by atoms with E-state index >= 15 is 0 Å². The van der Waals surface area contributed by atoms with Gasteiger partial charge in [0.25, 0.3) is 0 Å². The fourth-order valence-corrected chi connectivity index (χ4v) is 0.234. The molecular formula is C4H6N2SV. The summed E-state index contributed by atoms with van der Waals surface area (Å²) < 4.78 is 0. The van der Waals surface area contributed by atoms with Crippen molar-refractivity contribution >= 4 is 23.5 Å². The number of hydrogen-bond acceptors (Lipinski definition) is 3. The van der Waals surface area contributed by atoms with Crippen molar-refractivity contribution in [2.24, 2.45) is 10.2 Å². The van der Waals surface area contributed by atoms with Crippen molar-refractivity contribution < 1.29 is 18.6 Å². The van der Waals surface area contributed by atoms with E-state index in [0.717, 1.165) is 0 Å². The van der Waals surface area contributed by atoms with Crippen LogP contribution in [0.25, 0.3) is 0 Å². The van der Waals surface area contributed by atoms with Crippen molar-refractivity contribution in [3.8, 4) is 0 Å². The second-order valence-corrected chi connectivity index (χ2v) is 1.31. The zero-order valence-corrected chi connectivity index (χ0v) is 6.96. The van der Waals surface area contributed by atoms with Gasteiger partial charge in [0.2, 0.25) is 0 Å². The van der Waals surface area contributed by atoms with E-state index in [1.165, 1.54) is 11.8 Å². The molecular weight excluding hydrogens is 159 g/mol. The zero-order valence-electron chi connectivity index (χ0n) is 4.75. The predicted octanol–water partition coefficient (Wildman–Crippen LogP) is 1.13. The van der Waals surface area contributed by atoms with E-state index in [0.29, 0.717) is 0 Å². The first-order chi connectivity index (χ1) is 3.41. The van der Waals surface area contributed by atoms with Gasteiger partial charge in [-0.15, -0.1) is 0 Å². The molecule has 2 nitrogen and oxygen atoms in total. The van der Waals surface area contributed by atoms with Gasteiger partial charge in [0.15, 0.2) is 0 Å². The normalized spacial score (nSPS) is 10.2. The van der Waals surface area contributed by atoms with E-state index in [2.05, 4.69) is 22.0 Å². The van der Waals surface area contributed by atoms with Gasteiger partial charge in [-0.2, -0.15) is 6.92 Å². The van der Waals surface area contributed by atoms with Crippen molar-refractivity contribution in [1.82, 2.24) is 0 Å². The largest absolute Gasteiger partial charge is 2.00 e. The van der Waals surface area contributed by atoms with Crippen molar-refractivity contribution in [1.29, 1.82) is 0 Å². The van der Waals surface area contributed by atoms with Gasteiger partial charge in [0, 0.05) is 0 Å². The van der Waals surface area contributed by atoms with Crippen LogP contribution in [0.5, 0.6) is 0 Å². The molecule has 0 saturated heterocycles. The van der Waals surface area contributed by atoms with Gasteiger partial charge in [-0.1, -0.05) is 0 Å². The Morgan fingerprint density at radius 2 is 2.00 bits per heavy atom. The van der Waals surface area contributed by atoms with Crippen LogP contribution in [0.3, 0.4) is 0 Å². The maximum absolute atomic E-state index is 3.44. The van der Waals surface area contributed by atoms with E-state index in [1.54, 1.807) is 6.92 Å². The molecule has 0 unspecified atom stereocenters. The van der Waals surface area contributed by atoms with Crippen LogP contribution in [0.1, 0.15) is 6.92 Å². The van der Waals surface area contributed by atoms with Gasteiger partial charge in [-0.3, -0.25) is 0 Å². The van der Waals surface area contributed by atoms with E-state index < -0.39 is 0 Å². The summed E-state index contributed by atoms with van der Waals surface area (Å²) in [6.07, 6.45) is 4.35. The minimum Gasteiger partial charge on any atom is -0.413 e. The number of thioether (sulfide) groups is 1. The van der Waals surface area contributed by atoms with E-state index in [-0.39, 0.29) is 18.6 Å². The van der Waals surface area contributed by atoms with E-state index in [9.17, 15) is 0 Å². The van der Waals surface area contributed by atoms with Gasteiger partial charge in [-0.25, -0.2) is 0 Å². The molecule has 0 bridgehead atoms. The molecule has 0 amide bonds. The first-order valence-corrected chi connectivity index (χ1v) is 2.98. The van der Waals surface area contributed by atoms with Gasteiger partial charge in [-0.05, 0) is 6.26 Å². The maximum Gasteiger partial charge on any atom is 2.00 e. The van der Waals surface area contributed by atoms with Crippen molar-refractivity contribution in [3.05, 3.63) is 0 Å². The quantitative estimate of drug-likeness (QED) is 0.260. The summed E-state index contributed by atoms with van der Waals surface area (Å²) in [4.78, 5) is 0. The van der Waals surface area contributed by atoms with Gasteiger partial charge >= 0.3 is 18.6 Å². The molecule has 1 radical (unpaired) electrons. The first kappa shape index (κ1) is 11.1. The molecule has 0 aliphatic carbocycles. The van der Waals surface area contributed by atoms with Gasteiger partial charge in [0.05, 0.1) is 0 Å². The molecule has 0 aromatic carbocycles. The average molecular weight is 165 g/mol. The van der Waals surface area contributed by atoms with Gasteiger partial charge in [0.1, 0.15) is 0 Å². The fraction of sp³-hybridized carbons (Fsp3) is 0.500. The molecule has 0 aliphatic heterocycles. The molecule has 0 atom stereocenters. The molecule has 0 aromatic heterocycles. The number of nitrogens with zero attached hydrogens (tertiary/aromatic N) is 2. The Labute approximate surface area is 65.7 Å². The van der Waals surface area contributed by atoms with Crippen molar-refractivity contribution in [2.45, 2.75) is 6.92 Å². The smallest absolute Gasteiger partial charge is 0.413 e. The standard InChI is InChI=1S/C4H6N2S.V/c1-3-5-6-4-7-2;/h1-2H3;/q-2;+2. The van der Waals surface area contributed by atoms with Crippen LogP contribution in [0.2, 0.25) is 0 Å². The average Bonchev–Trinajstić information content (AvgIpc) is 1.69. The van der Waals surface area contributed by atoms with Crippen LogP contribution < -0.4 is 0 Å². The molecule has 0 N–H and O–H groups in total. The Hall–Kier alpha value is 0.274. The van der Waals surface area contributed by atoms with E-state index in [4.69, 9.17) is 0 Å². The van der Waals surface area contributed by atoms with Crippen LogP contribution >= 0.6 is 11.8 Å². The Bertz CT molecular complexity index is 82.1. The van der Waals surface area contributed by atoms with Crippen molar-refractivity contribution in [2.75, 3.05) is 6.26 Å². The van der Waals surface area contributed by atoms with Crippen LogP contribution in [0.4, 0.5) is 0 Å². The number of hydrogen-bond donors (Lipinski definition) is 0. The van der Waals surface area contributed by atoms with E-state index in [1.807, 2.05) is 6.26 Å². The summed E-state index contributed by atoms with van der Waals surface area (Å²) in [6.45, 7) is 1.69. The minimum absolute atomic E-state index is 0. The van der Waals surface area contributed by atoms with Crippen LogP contribution in [0.15, 0.2) is 10.2 Å². The topological polar surface area (TPSA) is 24.7 Å². The summed E-state index contributed by atoms with van der Waals surface area (Å²) in [6, 6.07) is 0. The Kier molecular flexibility index (Phi) is 14.3. The molecule has 0 spiro atoms. The first-order valence-electron chi connectivity index (χ1n) is 1.76. The van der Waals surface area contributed by atoms with Crippen molar-refractivity contribution in [3.63, 3.8) is 0 Å². The molecule has 0 aromatic rings. The molecule has 43 valence electrons. The molecule has 0 aliphatic rings. The Balaban J connectivity index is 0. The maximum atomic E-state index is 3.44. The summed E-state index contributed by atoms with van der Waals surface area (Å²) in [5.41, 5.74) is 2.56. The third kappa shape index (κ3) is 9.55. The SMILES string of the molecule is C[C-]=NN=[C-]SC.[V+2].